The van der Waals surface area contributed by atoms with Crippen molar-refractivity contribution in [3.8, 4) is 0 Å². The van der Waals surface area contributed by atoms with Crippen molar-refractivity contribution < 1.29 is 18.8 Å². The monoisotopic (exact) mass is 454 g/mol. The average Bonchev–Trinajstić information content (AvgIpc) is 3.30. The molecular formula is C24H35BN4O4. The highest BCUT2D eigenvalue weighted by atomic mass is 16.7. The molecule has 0 saturated carbocycles. The molecule has 0 N–H and O–H groups in total. The Labute approximate surface area is 196 Å². The van der Waals surface area contributed by atoms with Crippen LogP contribution < -0.4 is 10.4 Å². The van der Waals surface area contributed by atoms with E-state index in [0.717, 1.165) is 42.6 Å². The molecule has 0 spiro atoms. The maximum absolute atomic E-state index is 12.8. The van der Waals surface area contributed by atoms with E-state index in [4.69, 9.17) is 14.0 Å². The smallest absolute Gasteiger partial charge is 0.444 e. The van der Waals surface area contributed by atoms with Gasteiger partial charge < -0.3 is 18.9 Å². The number of aromatic nitrogens is 2. The highest BCUT2D eigenvalue weighted by Crippen LogP contribution is 2.38. The van der Waals surface area contributed by atoms with Crippen LogP contribution in [0.15, 0.2) is 24.5 Å². The molecule has 5 heterocycles. The SMILES string of the molecule is CC(C)(C)OC(=O)N1C2CCC1CN(c1ccnn3cc(B4OC(C)(C)C(C)(C)O4)cc13)C2. The van der Waals surface area contributed by atoms with E-state index in [9.17, 15) is 4.79 Å². The summed E-state index contributed by atoms with van der Waals surface area (Å²) in [6.07, 6.45) is 5.63. The lowest BCUT2D eigenvalue weighted by atomic mass is 9.81. The van der Waals surface area contributed by atoms with Gasteiger partial charge in [-0.1, -0.05) is 0 Å². The fraction of sp³-hybridized carbons (Fsp3) is 0.667. The van der Waals surface area contributed by atoms with Gasteiger partial charge in [0.2, 0.25) is 0 Å². The summed E-state index contributed by atoms with van der Waals surface area (Å²) in [5.74, 6) is 0. The van der Waals surface area contributed by atoms with E-state index in [-0.39, 0.29) is 29.4 Å². The molecular weight excluding hydrogens is 419 g/mol. The first kappa shape index (κ1) is 22.5. The summed E-state index contributed by atoms with van der Waals surface area (Å²) in [6, 6.07) is 4.49. The van der Waals surface area contributed by atoms with Crippen LogP contribution in [-0.4, -0.2) is 69.7 Å². The number of rotatable bonds is 2. The third-order valence-corrected chi connectivity index (χ3v) is 7.46. The van der Waals surface area contributed by atoms with Gasteiger partial charge in [-0.05, 0) is 73.4 Å². The Hall–Kier alpha value is -2.26. The second-order valence-electron chi connectivity index (χ2n) is 11.6. The van der Waals surface area contributed by atoms with Crippen molar-refractivity contribution in [1.29, 1.82) is 0 Å². The molecule has 0 aliphatic carbocycles. The molecule has 0 aromatic carbocycles. The van der Waals surface area contributed by atoms with Gasteiger partial charge in [-0.25, -0.2) is 9.31 Å². The number of ether oxygens (including phenoxy) is 1. The lowest BCUT2D eigenvalue weighted by molar-refractivity contribution is 0.00578. The van der Waals surface area contributed by atoms with Crippen molar-refractivity contribution in [2.45, 2.75) is 90.2 Å². The Kier molecular flexibility index (Phi) is 5.03. The molecule has 0 radical (unpaired) electrons. The summed E-state index contributed by atoms with van der Waals surface area (Å²) in [5, 5.41) is 4.53. The number of hydrogen-bond donors (Lipinski definition) is 0. The molecule has 3 aliphatic rings. The van der Waals surface area contributed by atoms with E-state index < -0.39 is 12.7 Å². The van der Waals surface area contributed by atoms with Crippen LogP contribution in [0.3, 0.4) is 0 Å². The number of hydrogen-bond acceptors (Lipinski definition) is 6. The van der Waals surface area contributed by atoms with Crippen LogP contribution in [0.4, 0.5) is 10.5 Å². The zero-order valence-corrected chi connectivity index (χ0v) is 20.8. The van der Waals surface area contributed by atoms with Gasteiger partial charge in [0.25, 0.3) is 0 Å². The molecule has 3 saturated heterocycles. The molecule has 2 atom stereocenters. The van der Waals surface area contributed by atoms with Crippen LogP contribution in [0.5, 0.6) is 0 Å². The minimum absolute atomic E-state index is 0.157. The Morgan fingerprint density at radius 2 is 1.73 bits per heavy atom. The fourth-order valence-corrected chi connectivity index (χ4v) is 5.11. The first-order valence-corrected chi connectivity index (χ1v) is 11.9. The molecule has 3 aliphatic heterocycles. The standard InChI is InChI=1S/C24H35BN4O4/c1-22(2,3)31-21(30)29-17-8-9-18(29)15-27(14-17)19-10-11-26-28-13-16(12-20(19)28)25-32-23(4,5)24(6,7)33-25/h10-13,17-18H,8-9,14-15H2,1-7H3. The fourth-order valence-electron chi connectivity index (χ4n) is 5.11. The van der Waals surface area contributed by atoms with E-state index in [1.54, 1.807) is 0 Å². The van der Waals surface area contributed by atoms with E-state index in [1.807, 2.05) is 42.6 Å². The maximum Gasteiger partial charge on any atom is 0.496 e. The van der Waals surface area contributed by atoms with Gasteiger partial charge in [-0.15, -0.1) is 0 Å². The van der Waals surface area contributed by atoms with Gasteiger partial charge in [0.05, 0.1) is 34.5 Å². The Morgan fingerprint density at radius 1 is 1.12 bits per heavy atom. The van der Waals surface area contributed by atoms with Crippen LogP contribution in [-0.2, 0) is 14.0 Å². The Bertz CT molecular complexity index is 1050. The van der Waals surface area contributed by atoms with Gasteiger partial charge in [0, 0.05) is 30.9 Å². The van der Waals surface area contributed by atoms with E-state index in [2.05, 4.69) is 49.8 Å². The van der Waals surface area contributed by atoms with E-state index in [0.29, 0.717) is 0 Å². The first-order chi connectivity index (χ1) is 15.3. The molecule has 5 rings (SSSR count). The van der Waals surface area contributed by atoms with Gasteiger partial charge in [0.15, 0.2) is 0 Å². The normalized spacial score (nSPS) is 26.3. The number of piperazine rings is 1. The van der Waals surface area contributed by atoms with Crippen molar-refractivity contribution in [2.75, 3.05) is 18.0 Å². The lowest BCUT2D eigenvalue weighted by Gasteiger charge is -2.42. The number of amides is 1. The minimum atomic E-state index is -0.485. The lowest BCUT2D eigenvalue weighted by Crippen LogP contribution is -2.56. The topological polar surface area (TPSA) is 68.5 Å². The van der Waals surface area contributed by atoms with Crippen LogP contribution in [0.25, 0.3) is 5.52 Å². The van der Waals surface area contributed by atoms with Crippen molar-refractivity contribution in [2.24, 2.45) is 0 Å². The summed E-state index contributed by atoms with van der Waals surface area (Å²) in [6.45, 7) is 15.6. The van der Waals surface area contributed by atoms with Crippen LogP contribution in [0.2, 0.25) is 0 Å². The van der Waals surface area contributed by atoms with Gasteiger partial charge in [0.1, 0.15) is 5.60 Å². The summed E-state index contributed by atoms with van der Waals surface area (Å²) >= 11 is 0. The van der Waals surface area contributed by atoms with Gasteiger partial charge in [-0.3, -0.25) is 4.90 Å². The molecule has 2 unspecified atom stereocenters. The highest BCUT2D eigenvalue weighted by molar-refractivity contribution is 6.62. The minimum Gasteiger partial charge on any atom is -0.444 e. The Balaban J connectivity index is 1.39. The average molecular weight is 454 g/mol. The molecule has 9 heteroatoms. The van der Waals surface area contributed by atoms with Crippen LogP contribution in [0.1, 0.15) is 61.3 Å². The summed E-state index contributed by atoms with van der Waals surface area (Å²) in [5.41, 5.74) is 1.84. The number of fused-ring (bicyclic) bond motifs is 3. The third kappa shape index (κ3) is 3.89. The molecule has 2 bridgehead atoms. The molecule has 3 fully saturated rings. The molecule has 2 aromatic heterocycles. The van der Waals surface area contributed by atoms with Crippen molar-refractivity contribution in [3.63, 3.8) is 0 Å². The molecule has 1 amide bonds. The second kappa shape index (κ2) is 7.37. The number of anilines is 1. The summed E-state index contributed by atoms with van der Waals surface area (Å²) in [4.78, 5) is 17.2. The van der Waals surface area contributed by atoms with Gasteiger partial charge in [-0.2, -0.15) is 5.10 Å². The third-order valence-electron chi connectivity index (χ3n) is 7.46. The van der Waals surface area contributed by atoms with Crippen molar-refractivity contribution >= 4 is 29.9 Å². The molecule has 33 heavy (non-hydrogen) atoms. The molecule has 2 aromatic rings. The Morgan fingerprint density at radius 3 is 2.30 bits per heavy atom. The zero-order valence-electron chi connectivity index (χ0n) is 20.8. The summed E-state index contributed by atoms with van der Waals surface area (Å²) < 4.78 is 20.1. The maximum atomic E-state index is 12.8. The first-order valence-electron chi connectivity index (χ1n) is 11.9. The van der Waals surface area contributed by atoms with Crippen LogP contribution in [0, 0.1) is 0 Å². The predicted molar refractivity (Wildman–Crippen MR) is 128 cm³/mol. The predicted octanol–water partition coefficient (Wildman–Crippen LogP) is 3.22. The number of carbonyl (C=O) groups is 1. The van der Waals surface area contributed by atoms with Crippen molar-refractivity contribution in [3.05, 3.63) is 24.5 Å². The largest absolute Gasteiger partial charge is 0.496 e. The van der Waals surface area contributed by atoms with Crippen molar-refractivity contribution in [1.82, 2.24) is 14.5 Å². The van der Waals surface area contributed by atoms with E-state index in [1.165, 1.54) is 0 Å². The van der Waals surface area contributed by atoms with E-state index >= 15 is 0 Å². The van der Waals surface area contributed by atoms with Gasteiger partial charge >= 0.3 is 13.2 Å². The molecule has 178 valence electrons. The molecule has 8 nitrogen and oxygen atoms in total. The quantitative estimate of drug-likeness (QED) is 0.650. The number of nitrogens with zero attached hydrogens (tertiary/aromatic N) is 4. The number of carbonyl (C=O) groups excluding carboxylic acids is 1. The van der Waals surface area contributed by atoms with Crippen LogP contribution >= 0.6 is 0 Å². The zero-order chi connectivity index (χ0) is 23.8. The summed E-state index contributed by atoms with van der Waals surface area (Å²) in [7, 11) is -0.426. The second-order valence-corrected chi connectivity index (χ2v) is 11.6. The highest BCUT2D eigenvalue weighted by Gasteiger charge is 2.52.